The van der Waals surface area contributed by atoms with Crippen LogP contribution in [0.2, 0.25) is 0 Å². The van der Waals surface area contributed by atoms with Gasteiger partial charge in [-0.2, -0.15) is 0 Å². The minimum absolute atomic E-state index is 0.153. The molecule has 0 aromatic rings. The average molecular weight is 158 g/mol. The molecule has 0 aromatic carbocycles. The number of hydrogen-bond acceptors (Lipinski definition) is 2. The maximum atomic E-state index is 10.9. The van der Waals surface area contributed by atoms with Crippen LogP contribution < -0.4 is 0 Å². The van der Waals surface area contributed by atoms with Crippen molar-refractivity contribution in [2.75, 3.05) is 6.61 Å². The molecule has 1 atom stereocenters. The van der Waals surface area contributed by atoms with E-state index in [0.717, 1.165) is 19.3 Å². The molecule has 11 heavy (non-hydrogen) atoms. The third-order valence-corrected chi connectivity index (χ3v) is 1.53. The van der Waals surface area contributed by atoms with Gasteiger partial charge in [-0.15, -0.1) is 0 Å². The van der Waals surface area contributed by atoms with E-state index in [1.54, 1.807) is 6.92 Å². The molecule has 2 nitrogen and oxygen atoms in total. The number of Topliss-reactive ketones (excluding diaryl/α,β-unsaturated/α-hetero) is 1. The van der Waals surface area contributed by atoms with E-state index < -0.39 is 0 Å². The molecule has 0 aliphatic rings. The van der Waals surface area contributed by atoms with Crippen molar-refractivity contribution >= 4 is 5.78 Å². The number of ketones is 1. The van der Waals surface area contributed by atoms with Crippen molar-refractivity contribution in [3.05, 3.63) is 0 Å². The van der Waals surface area contributed by atoms with Gasteiger partial charge in [-0.05, 0) is 19.8 Å². The zero-order valence-corrected chi connectivity index (χ0v) is 7.72. The van der Waals surface area contributed by atoms with Crippen LogP contribution in [0.1, 0.15) is 40.0 Å². The van der Waals surface area contributed by atoms with Gasteiger partial charge in [0.2, 0.25) is 0 Å². The van der Waals surface area contributed by atoms with Gasteiger partial charge in [0.25, 0.3) is 0 Å². The number of carbonyl (C=O) groups is 1. The lowest BCUT2D eigenvalue weighted by Gasteiger charge is -2.12. The van der Waals surface area contributed by atoms with Crippen LogP contribution in [0.5, 0.6) is 0 Å². The SMILES string of the molecule is CCCOC(CCC)C(C)=O. The average Bonchev–Trinajstić information content (AvgIpc) is 1.97. The van der Waals surface area contributed by atoms with Crippen LogP contribution in [0.15, 0.2) is 0 Å². The molecule has 1 unspecified atom stereocenters. The summed E-state index contributed by atoms with van der Waals surface area (Å²) in [5.41, 5.74) is 0. The molecule has 0 fully saturated rings. The maximum Gasteiger partial charge on any atom is 0.158 e. The first-order chi connectivity index (χ1) is 5.22. The fourth-order valence-electron chi connectivity index (χ4n) is 0.926. The number of rotatable bonds is 6. The van der Waals surface area contributed by atoms with Gasteiger partial charge in [-0.1, -0.05) is 20.3 Å². The van der Waals surface area contributed by atoms with E-state index in [0.29, 0.717) is 6.61 Å². The van der Waals surface area contributed by atoms with Crippen molar-refractivity contribution in [3.63, 3.8) is 0 Å². The molecule has 0 radical (unpaired) electrons. The maximum absolute atomic E-state index is 10.9. The molecule has 0 amide bonds. The third kappa shape index (κ3) is 4.96. The summed E-state index contributed by atoms with van der Waals surface area (Å²) < 4.78 is 5.34. The summed E-state index contributed by atoms with van der Waals surface area (Å²) >= 11 is 0. The molecule has 0 aliphatic carbocycles. The lowest BCUT2D eigenvalue weighted by atomic mass is 10.1. The van der Waals surface area contributed by atoms with Gasteiger partial charge in [-0.25, -0.2) is 0 Å². The lowest BCUT2D eigenvalue weighted by molar-refractivity contribution is -0.128. The second-order valence-corrected chi connectivity index (χ2v) is 2.76. The van der Waals surface area contributed by atoms with Crippen molar-refractivity contribution in [1.82, 2.24) is 0 Å². The molecule has 0 aromatic heterocycles. The fourth-order valence-corrected chi connectivity index (χ4v) is 0.926. The number of carbonyl (C=O) groups excluding carboxylic acids is 1. The first-order valence-corrected chi connectivity index (χ1v) is 4.34. The Hall–Kier alpha value is -0.370. The van der Waals surface area contributed by atoms with E-state index in [1.807, 2.05) is 6.92 Å². The molecule has 0 aliphatic heterocycles. The summed E-state index contributed by atoms with van der Waals surface area (Å²) in [6.07, 6.45) is 2.69. The monoisotopic (exact) mass is 158 g/mol. The van der Waals surface area contributed by atoms with E-state index in [4.69, 9.17) is 4.74 Å². The van der Waals surface area contributed by atoms with Crippen molar-refractivity contribution in [3.8, 4) is 0 Å². The topological polar surface area (TPSA) is 26.3 Å². The van der Waals surface area contributed by atoms with Gasteiger partial charge in [-0.3, -0.25) is 4.79 Å². The molecule has 0 rings (SSSR count). The third-order valence-electron chi connectivity index (χ3n) is 1.53. The zero-order chi connectivity index (χ0) is 8.69. The molecule has 0 bridgehead atoms. The summed E-state index contributed by atoms with van der Waals surface area (Å²) in [5.74, 6) is 0.153. The molecule has 2 heteroatoms. The Kier molecular flexibility index (Phi) is 6.13. The predicted octanol–water partition coefficient (Wildman–Crippen LogP) is 2.17. The van der Waals surface area contributed by atoms with Crippen LogP contribution in [0.25, 0.3) is 0 Å². The van der Waals surface area contributed by atoms with Crippen LogP contribution in [0.4, 0.5) is 0 Å². The molecule has 0 saturated heterocycles. The quantitative estimate of drug-likeness (QED) is 0.592. The van der Waals surface area contributed by atoms with Crippen LogP contribution in [-0.4, -0.2) is 18.5 Å². The van der Waals surface area contributed by atoms with Gasteiger partial charge < -0.3 is 4.74 Å². The molecule has 0 N–H and O–H groups in total. The summed E-state index contributed by atoms with van der Waals surface area (Å²) in [7, 11) is 0. The van der Waals surface area contributed by atoms with Gasteiger partial charge in [0.15, 0.2) is 5.78 Å². The second kappa shape index (κ2) is 6.35. The highest BCUT2D eigenvalue weighted by Crippen LogP contribution is 2.03. The van der Waals surface area contributed by atoms with Gasteiger partial charge in [0.05, 0.1) is 0 Å². The smallest absolute Gasteiger partial charge is 0.158 e. The van der Waals surface area contributed by atoms with Crippen molar-refractivity contribution in [1.29, 1.82) is 0 Å². The van der Waals surface area contributed by atoms with Crippen molar-refractivity contribution < 1.29 is 9.53 Å². The standard InChI is InChI=1S/C9H18O2/c1-4-6-9(8(3)10)11-7-5-2/h9H,4-7H2,1-3H3. The molecule has 66 valence electrons. The number of ether oxygens (including phenoxy) is 1. The van der Waals surface area contributed by atoms with Crippen molar-refractivity contribution in [2.45, 2.75) is 46.1 Å². The number of hydrogen-bond donors (Lipinski definition) is 0. The van der Waals surface area contributed by atoms with E-state index >= 15 is 0 Å². The minimum atomic E-state index is -0.153. The van der Waals surface area contributed by atoms with E-state index in [1.165, 1.54) is 0 Å². The highest BCUT2D eigenvalue weighted by molar-refractivity contribution is 5.80. The minimum Gasteiger partial charge on any atom is -0.370 e. The van der Waals surface area contributed by atoms with E-state index in [9.17, 15) is 4.79 Å². The summed E-state index contributed by atoms with van der Waals surface area (Å²) in [6.45, 7) is 6.40. The Morgan fingerprint density at radius 1 is 1.36 bits per heavy atom. The van der Waals surface area contributed by atoms with Crippen LogP contribution in [-0.2, 0) is 9.53 Å². The largest absolute Gasteiger partial charge is 0.370 e. The molecule has 0 saturated carbocycles. The van der Waals surface area contributed by atoms with Crippen LogP contribution >= 0.6 is 0 Å². The Labute approximate surface area is 68.9 Å². The first kappa shape index (κ1) is 10.6. The fraction of sp³-hybridized carbons (Fsp3) is 0.889. The highest BCUT2D eigenvalue weighted by atomic mass is 16.5. The summed E-state index contributed by atoms with van der Waals surface area (Å²) in [6, 6.07) is 0. The van der Waals surface area contributed by atoms with E-state index in [2.05, 4.69) is 6.92 Å². The molecule has 0 heterocycles. The summed E-state index contributed by atoms with van der Waals surface area (Å²) in [4.78, 5) is 10.9. The summed E-state index contributed by atoms with van der Waals surface area (Å²) in [5, 5.41) is 0. The Bertz CT molecular complexity index is 110. The molecular weight excluding hydrogens is 140 g/mol. The van der Waals surface area contributed by atoms with E-state index in [-0.39, 0.29) is 11.9 Å². The van der Waals surface area contributed by atoms with Gasteiger partial charge in [0, 0.05) is 6.61 Å². The van der Waals surface area contributed by atoms with Gasteiger partial charge in [0.1, 0.15) is 6.10 Å². The normalized spacial score (nSPS) is 13.0. The Morgan fingerprint density at radius 3 is 2.36 bits per heavy atom. The van der Waals surface area contributed by atoms with Crippen LogP contribution in [0, 0.1) is 0 Å². The Balaban J connectivity index is 3.60. The second-order valence-electron chi connectivity index (χ2n) is 2.76. The molecular formula is C9H18O2. The first-order valence-electron chi connectivity index (χ1n) is 4.34. The zero-order valence-electron chi connectivity index (χ0n) is 7.72. The Morgan fingerprint density at radius 2 is 2.00 bits per heavy atom. The lowest BCUT2D eigenvalue weighted by Crippen LogP contribution is -2.21. The predicted molar refractivity (Wildman–Crippen MR) is 45.6 cm³/mol. The molecule has 0 spiro atoms. The van der Waals surface area contributed by atoms with Crippen molar-refractivity contribution in [2.24, 2.45) is 0 Å². The van der Waals surface area contributed by atoms with Gasteiger partial charge >= 0.3 is 0 Å². The van der Waals surface area contributed by atoms with Crippen LogP contribution in [0.3, 0.4) is 0 Å². The highest BCUT2D eigenvalue weighted by Gasteiger charge is 2.11.